The molecule has 1 unspecified atom stereocenters. The van der Waals surface area contributed by atoms with E-state index in [2.05, 4.69) is 52.0 Å². The fourth-order valence-corrected chi connectivity index (χ4v) is 3.34. The van der Waals surface area contributed by atoms with Crippen LogP contribution < -0.4 is 20.9 Å². The Balaban J connectivity index is 1.58. The first kappa shape index (κ1) is 19.7. The lowest BCUT2D eigenvalue weighted by Gasteiger charge is -2.20. The number of anilines is 1. The number of aliphatic imine (C=N–C) groups is 1. The molecule has 1 amide bonds. The van der Waals surface area contributed by atoms with Crippen molar-refractivity contribution in [3.8, 4) is 0 Å². The van der Waals surface area contributed by atoms with Gasteiger partial charge in [-0.15, -0.1) is 0 Å². The van der Waals surface area contributed by atoms with E-state index in [1.807, 2.05) is 30.3 Å². The summed E-state index contributed by atoms with van der Waals surface area (Å²) in [5.41, 5.74) is 3.00. The van der Waals surface area contributed by atoms with Crippen LogP contribution in [0.3, 0.4) is 0 Å². The van der Waals surface area contributed by atoms with Crippen LogP contribution in [0.4, 0.5) is 5.69 Å². The van der Waals surface area contributed by atoms with E-state index >= 15 is 0 Å². The Hall–Kier alpha value is -3.02. The van der Waals surface area contributed by atoms with Crippen LogP contribution in [0.1, 0.15) is 29.3 Å². The number of rotatable bonds is 6. The summed E-state index contributed by atoms with van der Waals surface area (Å²) in [5, 5.41) is 9.52. The molecule has 1 aliphatic heterocycles. The molecular weight excluding hydrogens is 350 g/mol. The van der Waals surface area contributed by atoms with Crippen LogP contribution in [0.5, 0.6) is 0 Å². The number of hydrogen-bond acceptors (Lipinski definition) is 3. The molecule has 0 bridgehead atoms. The average Bonchev–Trinajstić information content (AvgIpc) is 3.21. The predicted molar refractivity (Wildman–Crippen MR) is 115 cm³/mol. The maximum atomic E-state index is 11.6. The van der Waals surface area contributed by atoms with Crippen LogP contribution in [-0.2, 0) is 6.54 Å². The highest BCUT2D eigenvalue weighted by Crippen LogP contribution is 2.19. The van der Waals surface area contributed by atoms with Crippen molar-refractivity contribution >= 4 is 17.6 Å². The summed E-state index contributed by atoms with van der Waals surface area (Å²) in [6, 6.07) is 18.5. The molecule has 1 saturated heterocycles. The quantitative estimate of drug-likeness (QED) is 0.532. The topological polar surface area (TPSA) is 68.8 Å². The van der Waals surface area contributed by atoms with Crippen molar-refractivity contribution < 1.29 is 4.79 Å². The van der Waals surface area contributed by atoms with Gasteiger partial charge in [0.05, 0.1) is 6.54 Å². The lowest BCUT2D eigenvalue weighted by Crippen LogP contribution is -2.44. The first-order valence-corrected chi connectivity index (χ1v) is 9.85. The molecule has 1 atom stereocenters. The minimum absolute atomic E-state index is 0.0748. The van der Waals surface area contributed by atoms with Crippen LogP contribution in [0.2, 0.25) is 0 Å². The van der Waals surface area contributed by atoms with E-state index in [9.17, 15) is 4.79 Å². The van der Waals surface area contributed by atoms with Gasteiger partial charge in [-0.25, -0.2) is 4.99 Å². The van der Waals surface area contributed by atoms with Gasteiger partial charge in [0.15, 0.2) is 5.96 Å². The molecule has 2 aromatic carbocycles. The highest BCUT2D eigenvalue weighted by atomic mass is 16.1. The summed E-state index contributed by atoms with van der Waals surface area (Å²) in [6.45, 7) is 5.46. The van der Waals surface area contributed by atoms with Gasteiger partial charge in [-0.2, -0.15) is 0 Å². The Labute approximate surface area is 167 Å². The van der Waals surface area contributed by atoms with Gasteiger partial charge in [0, 0.05) is 44.0 Å². The number of benzene rings is 2. The summed E-state index contributed by atoms with van der Waals surface area (Å²) < 4.78 is 0. The lowest BCUT2D eigenvalue weighted by molar-refractivity contribution is 0.0963. The highest BCUT2D eigenvalue weighted by molar-refractivity contribution is 5.93. The molecule has 0 aromatic heterocycles. The van der Waals surface area contributed by atoms with Crippen LogP contribution in [0.15, 0.2) is 59.6 Å². The molecule has 0 radical (unpaired) electrons. The van der Waals surface area contributed by atoms with E-state index in [0.29, 0.717) is 18.2 Å². The van der Waals surface area contributed by atoms with Crippen molar-refractivity contribution in [3.05, 3.63) is 65.7 Å². The molecule has 3 rings (SSSR count). The Kier molecular flexibility index (Phi) is 6.89. The first-order chi connectivity index (χ1) is 13.7. The number of amides is 1. The summed E-state index contributed by atoms with van der Waals surface area (Å²) in [6.07, 6.45) is 1.08. The molecule has 0 saturated carbocycles. The fraction of sp³-hybridized carbons (Fsp3) is 0.364. The van der Waals surface area contributed by atoms with Gasteiger partial charge in [0.1, 0.15) is 0 Å². The van der Waals surface area contributed by atoms with Crippen LogP contribution >= 0.6 is 0 Å². The van der Waals surface area contributed by atoms with Gasteiger partial charge < -0.3 is 20.9 Å². The second kappa shape index (κ2) is 9.78. The van der Waals surface area contributed by atoms with E-state index in [0.717, 1.165) is 37.6 Å². The number of guanidine groups is 1. The third-order valence-electron chi connectivity index (χ3n) is 4.86. The maximum absolute atomic E-state index is 11.6. The number of hydrogen-bond donors (Lipinski definition) is 3. The van der Waals surface area contributed by atoms with Crippen molar-refractivity contribution in [1.29, 1.82) is 0 Å². The van der Waals surface area contributed by atoms with Crippen LogP contribution in [0.25, 0.3) is 0 Å². The largest absolute Gasteiger partial charge is 0.369 e. The molecule has 3 N–H and O–H groups in total. The molecule has 28 heavy (non-hydrogen) atoms. The lowest BCUT2D eigenvalue weighted by atomic mass is 10.1. The van der Waals surface area contributed by atoms with E-state index < -0.39 is 0 Å². The van der Waals surface area contributed by atoms with Crippen LogP contribution in [-0.4, -0.2) is 44.6 Å². The van der Waals surface area contributed by atoms with Gasteiger partial charge >= 0.3 is 0 Å². The van der Waals surface area contributed by atoms with Crippen molar-refractivity contribution in [2.75, 3.05) is 31.6 Å². The Bertz CT molecular complexity index is 788. The number of carbonyl (C=O) groups excluding carboxylic acids is 1. The van der Waals surface area contributed by atoms with E-state index in [-0.39, 0.29) is 5.91 Å². The number of carbonyl (C=O) groups is 1. The van der Waals surface area contributed by atoms with Gasteiger partial charge in [0.25, 0.3) is 5.91 Å². The zero-order valence-electron chi connectivity index (χ0n) is 16.6. The average molecular weight is 380 g/mol. The van der Waals surface area contributed by atoms with Crippen molar-refractivity contribution in [2.24, 2.45) is 4.99 Å². The van der Waals surface area contributed by atoms with Gasteiger partial charge in [-0.3, -0.25) is 4.79 Å². The monoisotopic (exact) mass is 379 g/mol. The Morgan fingerprint density at radius 2 is 1.89 bits per heavy atom. The van der Waals surface area contributed by atoms with E-state index in [1.165, 1.54) is 5.69 Å². The molecule has 0 spiro atoms. The SMILES string of the molecule is CCNC(=NCc1ccc(C(=O)NC)cc1)NC1CCN(c2ccccc2)C1. The minimum atomic E-state index is -0.0748. The maximum Gasteiger partial charge on any atom is 0.251 e. The molecular formula is C22H29N5O. The summed E-state index contributed by atoms with van der Waals surface area (Å²) in [7, 11) is 1.64. The summed E-state index contributed by atoms with van der Waals surface area (Å²) >= 11 is 0. The van der Waals surface area contributed by atoms with E-state index in [4.69, 9.17) is 4.99 Å². The van der Waals surface area contributed by atoms with Crippen LogP contribution in [0, 0.1) is 0 Å². The number of nitrogens with one attached hydrogen (secondary N) is 3. The number of para-hydroxylation sites is 1. The smallest absolute Gasteiger partial charge is 0.251 e. The van der Waals surface area contributed by atoms with Crippen molar-refractivity contribution in [3.63, 3.8) is 0 Å². The van der Waals surface area contributed by atoms with Gasteiger partial charge in [-0.05, 0) is 43.2 Å². The van der Waals surface area contributed by atoms with Crippen molar-refractivity contribution in [1.82, 2.24) is 16.0 Å². The van der Waals surface area contributed by atoms with Crippen molar-refractivity contribution in [2.45, 2.75) is 25.9 Å². The Morgan fingerprint density at radius 1 is 1.14 bits per heavy atom. The molecule has 1 fully saturated rings. The second-order valence-electron chi connectivity index (χ2n) is 6.88. The fourth-order valence-electron chi connectivity index (χ4n) is 3.34. The second-order valence-corrected chi connectivity index (χ2v) is 6.88. The molecule has 2 aromatic rings. The normalized spacial score (nSPS) is 16.7. The molecule has 0 aliphatic carbocycles. The molecule has 148 valence electrons. The van der Waals surface area contributed by atoms with Gasteiger partial charge in [0.2, 0.25) is 0 Å². The van der Waals surface area contributed by atoms with Gasteiger partial charge in [-0.1, -0.05) is 30.3 Å². The number of nitrogens with zero attached hydrogens (tertiary/aromatic N) is 2. The minimum Gasteiger partial charge on any atom is -0.369 e. The zero-order valence-corrected chi connectivity index (χ0v) is 16.6. The summed E-state index contributed by atoms with van der Waals surface area (Å²) in [4.78, 5) is 18.8. The first-order valence-electron chi connectivity index (χ1n) is 9.85. The molecule has 6 nitrogen and oxygen atoms in total. The Morgan fingerprint density at radius 3 is 2.57 bits per heavy atom. The van der Waals surface area contributed by atoms with E-state index in [1.54, 1.807) is 7.05 Å². The highest BCUT2D eigenvalue weighted by Gasteiger charge is 2.23. The summed E-state index contributed by atoms with van der Waals surface area (Å²) in [5.74, 6) is 0.757. The third-order valence-corrected chi connectivity index (χ3v) is 4.86. The standard InChI is InChI=1S/C22H29N5O/c1-3-24-22(25-15-17-9-11-18(12-10-17)21(28)23-2)26-19-13-14-27(16-19)20-7-5-4-6-8-20/h4-12,19H,3,13-16H2,1-2H3,(H,23,28)(H2,24,25,26). The molecule has 6 heteroatoms. The molecule has 1 heterocycles. The molecule has 1 aliphatic rings. The predicted octanol–water partition coefficient (Wildman–Crippen LogP) is 2.38. The third kappa shape index (κ3) is 5.25. The zero-order chi connectivity index (χ0) is 19.8.